The van der Waals surface area contributed by atoms with E-state index < -0.39 is 0 Å². The lowest BCUT2D eigenvalue weighted by molar-refractivity contribution is 0.140. The van der Waals surface area contributed by atoms with Gasteiger partial charge in [-0.25, -0.2) is 0 Å². The van der Waals surface area contributed by atoms with Crippen LogP contribution in [-0.2, 0) is 0 Å². The molecule has 3 heteroatoms. The molecule has 0 aliphatic carbocycles. The van der Waals surface area contributed by atoms with Crippen molar-refractivity contribution in [2.24, 2.45) is 0 Å². The first kappa shape index (κ1) is 12.9. The Morgan fingerprint density at radius 2 is 2.24 bits per heavy atom. The average molecular weight is 298 g/mol. The smallest absolute Gasteiger partial charge is 0.124 e. The Kier molecular flexibility index (Phi) is 4.46. The largest absolute Gasteiger partial charge is 0.490 e. The molecule has 0 fully saturated rings. The van der Waals surface area contributed by atoms with E-state index in [1.54, 1.807) is 0 Å². The van der Waals surface area contributed by atoms with Crippen LogP contribution in [-0.4, -0.2) is 12.6 Å². The molecule has 2 rings (SSSR count). The number of hydrogen-bond acceptors (Lipinski definition) is 2. The van der Waals surface area contributed by atoms with Crippen LogP contribution in [0.3, 0.4) is 0 Å². The molecule has 0 spiro atoms. The normalized spacial score (nSPS) is 23.0. The Balaban J connectivity index is 2.25. The van der Waals surface area contributed by atoms with Crippen molar-refractivity contribution in [2.45, 2.75) is 45.3 Å². The van der Waals surface area contributed by atoms with E-state index in [1.165, 1.54) is 12.0 Å². The van der Waals surface area contributed by atoms with E-state index in [2.05, 4.69) is 53.3 Å². The number of fused-ring (bicyclic) bond motifs is 1. The minimum atomic E-state index is 0.359. The highest BCUT2D eigenvalue weighted by Gasteiger charge is 2.27. The molecule has 17 heavy (non-hydrogen) atoms. The summed E-state index contributed by atoms with van der Waals surface area (Å²) in [6.45, 7) is 5.36. The maximum Gasteiger partial charge on any atom is 0.124 e. The molecule has 1 N–H and O–H groups in total. The van der Waals surface area contributed by atoms with Crippen LogP contribution in [0.1, 0.15) is 44.7 Å². The summed E-state index contributed by atoms with van der Waals surface area (Å²) in [7, 11) is 0. The van der Waals surface area contributed by atoms with Gasteiger partial charge in [0, 0.05) is 22.5 Å². The van der Waals surface area contributed by atoms with Gasteiger partial charge in [0.15, 0.2) is 0 Å². The van der Waals surface area contributed by atoms with E-state index in [4.69, 9.17) is 4.74 Å². The van der Waals surface area contributed by atoms with E-state index in [0.717, 1.165) is 29.6 Å². The summed E-state index contributed by atoms with van der Waals surface area (Å²) in [6.07, 6.45) is 3.75. The second-order valence-corrected chi connectivity index (χ2v) is 5.47. The van der Waals surface area contributed by atoms with Crippen LogP contribution in [0.5, 0.6) is 5.75 Å². The van der Waals surface area contributed by atoms with Gasteiger partial charge in [0.1, 0.15) is 11.9 Å². The molecule has 2 atom stereocenters. The molecule has 0 radical (unpaired) electrons. The molecule has 1 aromatic carbocycles. The number of halogens is 1. The molecule has 94 valence electrons. The highest BCUT2D eigenvalue weighted by molar-refractivity contribution is 9.10. The fraction of sp³-hybridized carbons (Fsp3) is 0.571. The summed E-state index contributed by atoms with van der Waals surface area (Å²) < 4.78 is 7.17. The Bertz CT molecular complexity index is 380. The maximum atomic E-state index is 6.04. The van der Waals surface area contributed by atoms with Crippen LogP contribution in [0.25, 0.3) is 0 Å². The SMILES string of the molecule is CCCC1CC(NCC)c2cc(Br)ccc2O1. The zero-order valence-electron chi connectivity index (χ0n) is 10.5. The number of hydrogen-bond donors (Lipinski definition) is 1. The molecule has 0 amide bonds. The Hall–Kier alpha value is -0.540. The summed E-state index contributed by atoms with van der Waals surface area (Å²) in [6, 6.07) is 6.73. The Labute approximate surface area is 112 Å². The highest BCUT2D eigenvalue weighted by atomic mass is 79.9. The van der Waals surface area contributed by atoms with Crippen LogP contribution < -0.4 is 10.1 Å². The first-order chi connectivity index (χ1) is 8.24. The summed E-state index contributed by atoms with van der Waals surface area (Å²) in [4.78, 5) is 0. The van der Waals surface area contributed by atoms with Gasteiger partial charge < -0.3 is 10.1 Å². The monoisotopic (exact) mass is 297 g/mol. The third kappa shape index (κ3) is 3.02. The summed E-state index contributed by atoms with van der Waals surface area (Å²) in [5.41, 5.74) is 1.29. The van der Waals surface area contributed by atoms with Crippen molar-refractivity contribution in [3.05, 3.63) is 28.2 Å². The average Bonchev–Trinajstić information content (AvgIpc) is 2.31. The van der Waals surface area contributed by atoms with Crippen LogP contribution in [0, 0.1) is 0 Å². The highest BCUT2D eigenvalue weighted by Crippen LogP contribution is 2.37. The maximum absolute atomic E-state index is 6.04. The van der Waals surface area contributed by atoms with Gasteiger partial charge in [-0.15, -0.1) is 0 Å². The van der Waals surface area contributed by atoms with Crippen LogP contribution >= 0.6 is 15.9 Å². The van der Waals surface area contributed by atoms with E-state index >= 15 is 0 Å². The fourth-order valence-corrected chi connectivity index (χ4v) is 2.83. The van der Waals surface area contributed by atoms with Crippen LogP contribution in [0.15, 0.2) is 22.7 Å². The third-order valence-electron chi connectivity index (χ3n) is 3.20. The minimum absolute atomic E-state index is 0.359. The number of rotatable bonds is 4. The van der Waals surface area contributed by atoms with E-state index in [9.17, 15) is 0 Å². The molecule has 2 unspecified atom stereocenters. The Morgan fingerprint density at radius 3 is 2.94 bits per heavy atom. The van der Waals surface area contributed by atoms with Crippen molar-refractivity contribution in [1.82, 2.24) is 5.32 Å². The van der Waals surface area contributed by atoms with E-state index in [0.29, 0.717) is 12.1 Å². The molecule has 0 saturated heterocycles. The third-order valence-corrected chi connectivity index (χ3v) is 3.69. The predicted molar refractivity (Wildman–Crippen MR) is 74.5 cm³/mol. The van der Waals surface area contributed by atoms with Crippen molar-refractivity contribution in [3.63, 3.8) is 0 Å². The van der Waals surface area contributed by atoms with Gasteiger partial charge in [-0.05, 0) is 31.2 Å². The van der Waals surface area contributed by atoms with Gasteiger partial charge in [-0.1, -0.05) is 36.2 Å². The molecule has 1 aliphatic rings. The Morgan fingerprint density at radius 1 is 1.41 bits per heavy atom. The predicted octanol–water partition coefficient (Wildman–Crippen LogP) is 4.05. The number of benzene rings is 1. The van der Waals surface area contributed by atoms with E-state index in [1.807, 2.05) is 0 Å². The molecule has 1 aliphatic heterocycles. The summed E-state index contributed by atoms with van der Waals surface area (Å²) in [5, 5.41) is 3.56. The van der Waals surface area contributed by atoms with Gasteiger partial charge in [-0.2, -0.15) is 0 Å². The molecule has 0 saturated carbocycles. The summed E-state index contributed by atoms with van der Waals surface area (Å²) in [5.74, 6) is 1.05. The zero-order chi connectivity index (χ0) is 12.3. The van der Waals surface area contributed by atoms with Gasteiger partial charge in [0.25, 0.3) is 0 Å². The number of ether oxygens (including phenoxy) is 1. The number of nitrogens with one attached hydrogen (secondary N) is 1. The molecule has 1 heterocycles. The zero-order valence-corrected chi connectivity index (χ0v) is 12.1. The van der Waals surface area contributed by atoms with Crippen molar-refractivity contribution in [1.29, 1.82) is 0 Å². The summed E-state index contributed by atoms with van der Waals surface area (Å²) >= 11 is 3.53. The first-order valence-corrected chi connectivity index (χ1v) is 7.23. The molecular formula is C14H20BrNO. The topological polar surface area (TPSA) is 21.3 Å². The lowest BCUT2D eigenvalue weighted by Gasteiger charge is -2.32. The second kappa shape index (κ2) is 5.87. The second-order valence-electron chi connectivity index (χ2n) is 4.56. The standard InChI is InChI=1S/C14H20BrNO/c1-3-5-11-9-13(16-4-2)12-8-10(15)6-7-14(12)17-11/h6-8,11,13,16H,3-5,9H2,1-2H3. The lowest BCUT2D eigenvalue weighted by atomic mass is 9.94. The molecular weight excluding hydrogens is 278 g/mol. The molecule has 1 aromatic rings. The van der Waals surface area contributed by atoms with Crippen LogP contribution in [0.4, 0.5) is 0 Å². The van der Waals surface area contributed by atoms with Crippen LogP contribution in [0.2, 0.25) is 0 Å². The fourth-order valence-electron chi connectivity index (χ4n) is 2.45. The van der Waals surface area contributed by atoms with Gasteiger partial charge in [-0.3, -0.25) is 0 Å². The molecule has 0 aromatic heterocycles. The van der Waals surface area contributed by atoms with Crippen molar-refractivity contribution in [2.75, 3.05) is 6.54 Å². The lowest BCUT2D eigenvalue weighted by Crippen LogP contribution is -2.32. The van der Waals surface area contributed by atoms with Crippen molar-refractivity contribution >= 4 is 15.9 Å². The van der Waals surface area contributed by atoms with E-state index in [-0.39, 0.29) is 0 Å². The minimum Gasteiger partial charge on any atom is -0.490 e. The molecule has 2 nitrogen and oxygen atoms in total. The van der Waals surface area contributed by atoms with Crippen molar-refractivity contribution in [3.8, 4) is 5.75 Å². The molecule has 0 bridgehead atoms. The quantitative estimate of drug-likeness (QED) is 0.905. The van der Waals surface area contributed by atoms with Gasteiger partial charge in [0.2, 0.25) is 0 Å². The first-order valence-electron chi connectivity index (χ1n) is 6.44. The van der Waals surface area contributed by atoms with Gasteiger partial charge in [0.05, 0.1) is 0 Å². The van der Waals surface area contributed by atoms with Crippen molar-refractivity contribution < 1.29 is 4.74 Å². The van der Waals surface area contributed by atoms with Gasteiger partial charge >= 0.3 is 0 Å².